The molecule has 13 heteroatoms. The largest absolute Gasteiger partial charge is 0.504 e. The predicted molar refractivity (Wildman–Crippen MR) is 256 cm³/mol. The lowest BCUT2D eigenvalue weighted by Crippen LogP contribution is -2.43. The summed E-state index contributed by atoms with van der Waals surface area (Å²) in [6, 6.07) is 10.0. The zero-order valence-corrected chi connectivity index (χ0v) is 39.7. The number of ketones is 1. The summed E-state index contributed by atoms with van der Waals surface area (Å²) in [5, 5.41) is 31.7. The van der Waals surface area contributed by atoms with Crippen molar-refractivity contribution < 1.29 is 34.0 Å². The maximum absolute atomic E-state index is 15.2. The van der Waals surface area contributed by atoms with E-state index in [-0.39, 0.29) is 40.6 Å². The molecular weight excluding hydrogens is 833 g/mol. The Morgan fingerprint density at radius 1 is 1.10 bits per heavy atom. The van der Waals surface area contributed by atoms with Gasteiger partial charge in [-0.3, -0.25) is 9.79 Å². The molecule has 3 aliphatic carbocycles. The van der Waals surface area contributed by atoms with Crippen molar-refractivity contribution in [3.05, 3.63) is 53.6 Å². The van der Waals surface area contributed by atoms with Crippen LogP contribution in [-0.2, 0) is 21.4 Å². The van der Waals surface area contributed by atoms with Crippen molar-refractivity contribution in [1.82, 2.24) is 10.6 Å². The van der Waals surface area contributed by atoms with E-state index in [1.54, 1.807) is 48.9 Å². The number of methoxy groups -OCH3 is 2. The zero-order chi connectivity index (χ0) is 44.5. The zero-order valence-electron chi connectivity index (χ0n) is 38.1. The standard InChI is InChI=1S/C50H70N4O7S2/c1-6-7-8-14-37-17-19-44(56)50(28-34-16-18-41(55)42(24-34)58-4)22-11-15-38(50)31-62-63-33-53-47(52-3)54-40-26-39(49(37)20-9-10-21-49)27-43-46(40)60-23-12-13-35-29-48(61-43,32-51-2)30-36(35)25-45(57)59-5/h16-19,24,26-27,35-38,45,51,55,57H,6-11,13-15,20-22,25,28-33H2,1-5H3,(H2,52,53,54). The second kappa shape index (κ2) is 21.6. The number of aliphatic hydroxyl groups is 1. The van der Waals surface area contributed by atoms with E-state index < -0.39 is 17.3 Å². The predicted octanol–water partition coefficient (Wildman–Crippen LogP) is 9.36. The Hall–Kier alpha value is -3.54. The van der Waals surface area contributed by atoms with E-state index in [4.69, 9.17) is 18.9 Å². The third-order valence-corrected chi connectivity index (χ3v) is 17.1. The fourth-order valence-electron chi connectivity index (χ4n) is 11.7. The molecule has 0 saturated heterocycles. The molecule has 0 aromatic heterocycles. The Morgan fingerprint density at radius 3 is 2.70 bits per heavy atom. The van der Waals surface area contributed by atoms with Crippen molar-refractivity contribution in [2.24, 2.45) is 34.1 Å². The molecule has 4 bridgehead atoms. The fraction of sp³-hybridized carbons (Fsp3) is 0.640. The molecule has 7 rings (SSSR count). The van der Waals surface area contributed by atoms with Gasteiger partial charge in [-0.2, -0.15) is 0 Å². The van der Waals surface area contributed by atoms with Crippen molar-refractivity contribution in [3.63, 3.8) is 0 Å². The maximum atomic E-state index is 15.2. The van der Waals surface area contributed by atoms with Gasteiger partial charge in [0.1, 0.15) is 11.7 Å². The molecule has 5 aliphatic rings. The topological polar surface area (TPSA) is 143 Å². The van der Waals surface area contributed by atoms with Gasteiger partial charge in [0, 0.05) is 50.1 Å². The van der Waals surface area contributed by atoms with Gasteiger partial charge >= 0.3 is 0 Å². The summed E-state index contributed by atoms with van der Waals surface area (Å²) in [6.45, 7) is 2.87. The fourth-order valence-corrected chi connectivity index (χ4v) is 13.9. The number of allylic oxidation sites excluding steroid dienone is 2. The minimum atomic E-state index is -0.857. The molecule has 3 saturated carbocycles. The molecule has 0 radical (unpaired) electrons. The number of hydrogen-bond acceptors (Lipinski definition) is 11. The van der Waals surface area contributed by atoms with Crippen molar-refractivity contribution in [1.29, 1.82) is 0 Å². The van der Waals surface area contributed by atoms with Crippen molar-refractivity contribution >= 4 is 39.0 Å². The number of carbonyl (C=O) groups excluding carboxylic acids is 1. The number of aliphatic imine (C=N–C) groups is 1. The van der Waals surface area contributed by atoms with Crippen molar-refractivity contribution in [3.8, 4) is 35.0 Å². The Labute approximate surface area is 383 Å². The van der Waals surface area contributed by atoms with Gasteiger partial charge in [0.05, 0.1) is 18.7 Å². The number of likely N-dealkylation sites (N-methyl/N-ethyl adjacent to an activating group) is 1. The lowest BCUT2D eigenvalue weighted by Gasteiger charge is -2.39. The molecule has 2 heterocycles. The molecule has 2 aromatic rings. The number of phenols is 1. The highest BCUT2D eigenvalue weighted by molar-refractivity contribution is 8.76. The number of aliphatic hydroxyl groups excluding tert-OH is 1. The number of phenolic OH excluding ortho intramolecular Hbond substituents is 1. The van der Waals surface area contributed by atoms with Crippen LogP contribution in [0.1, 0.15) is 114 Å². The van der Waals surface area contributed by atoms with Crippen LogP contribution in [0.2, 0.25) is 0 Å². The summed E-state index contributed by atoms with van der Waals surface area (Å²) in [5.74, 6) is 7.95. The molecule has 2 aromatic carbocycles. The van der Waals surface area contributed by atoms with Crippen molar-refractivity contribution in [2.45, 2.75) is 127 Å². The van der Waals surface area contributed by atoms with Crippen LogP contribution in [0.15, 0.2) is 47.5 Å². The minimum absolute atomic E-state index is 0.103. The van der Waals surface area contributed by atoms with Crippen LogP contribution in [-0.4, -0.2) is 80.3 Å². The molecule has 11 nitrogen and oxygen atoms in total. The summed E-state index contributed by atoms with van der Waals surface area (Å²) in [4.78, 5) is 19.9. The van der Waals surface area contributed by atoms with Gasteiger partial charge in [0.25, 0.3) is 0 Å². The molecule has 3 fully saturated rings. The molecule has 7 unspecified atom stereocenters. The summed E-state index contributed by atoms with van der Waals surface area (Å²) in [6.07, 6.45) is 21.0. The number of nitrogens with one attached hydrogen (secondary N) is 3. The third kappa shape index (κ3) is 10.6. The van der Waals surface area contributed by atoms with Crippen LogP contribution in [0, 0.1) is 41.1 Å². The molecule has 0 amide bonds. The Bertz CT molecular complexity index is 2010. The average molecular weight is 903 g/mol. The van der Waals surface area contributed by atoms with E-state index in [1.807, 2.05) is 25.3 Å². The van der Waals surface area contributed by atoms with Gasteiger partial charge in [0.2, 0.25) is 5.75 Å². The van der Waals surface area contributed by atoms with Crippen LogP contribution >= 0.6 is 21.6 Å². The quantitative estimate of drug-likeness (QED) is 0.0600. The Kier molecular flexibility index (Phi) is 16.3. The SMILES string of the molecule is CCCCCC1C=CC(=O)C2(Cc3ccc(O)c(OC)c3)CCCC2CSSCNC(=NC)Nc2cc(cc3c2OC#CCC2CC(CNC)(CC2CC(O)OC)O3)C12CCCC2. The first-order chi connectivity index (χ1) is 30.6. The van der Waals surface area contributed by atoms with E-state index in [2.05, 4.69) is 58.1 Å². The second-order valence-corrected chi connectivity index (χ2v) is 21.2. The van der Waals surface area contributed by atoms with E-state index >= 15 is 4.79 Å². The van der Waals surface area contributed by atoms with Gasteiger partial charge in [-0.1, -0.05) is 85.1 Å². The number of carbonyl (C=O) groups is 1. The lowest BCUT2D eigenvalue weighted by atomic mass is 9.66. The molecule has 344 valence electrons. The first kappa shape index (κ1) is 47.4. The van der Waals surface area contributed by atoms with Gasteiger partial charge < -0.3 is 45.1 Å². The van der Waals surface area contributed by atoms with Gasteiger partial charge in [-0.15, -0.1) is 0 Å². The number of guanidine groups is 1. The minimum Gasteiger partial charge on any atom is -0.504 e. The molecule has 63 heavy (non-hydrogen) atoms. The summed E-state index contributed by atoms with van der Waals surface area (Å²) in [5.41, 5.74) is 1.51. The Balaban J connectivity index is 1.36. The van der Waals surface area contributed by atoms with Crippen LogP contribution < -0.4 is 30.2 Å². The normalized spacial score (nSPS) is 29.2. The number of ether oxygens (including phenoxy) is 4. The van der Waals surface area contributed by atoms with Crippen LogP contribution in [0.4, 0.5) is 5.69 Å². The number of hydrogen-bond donors (Lipinski definition) is 5. The highest BCUT2D eigenvalue weighted by Crippen LogP contribution is 2.55. The molecule has 1 spiro atoms. The van der Waals surface area contributed by atoms with Gasteiger partial charge in [0.15, 0.2) is 35.3 Å². The third-order valence-electron chi connectivity index (χ3n) is 14.9. The van der Waals surface area contributed by atoms with Gasteiger partial charge in [-0.25, -0.2) is 0 Å². The second-order valence-electron chi connectivity index (χ2n) is 18.6. The number of anilines is 1. The molecule has 5 N–H and O–H groups in total. The lowest BCUT2D eigenvalue weighted by molar-refractivity contribution is -0.125. The summed E-state index contributed by atoms with van der Waals surface area (Å²) >= 11 is 0. The maximum Gasteiger partial charge on any atom is 0.205 e. The number of rotatable bonds is 12. The van der Waals surface area contributed by atoms with E-state index in [0.717, 1.165) is 100 Å². The highest BCUT2D eigenvalue weighted by atomic mass is 33.1. The van der Waals surface area contributed by atoms with Crippen LogP contribution in [0.3, 0.4) is 0 Å². The van der Waals surface area contributed by atoms with Crippen LogP contribution in [0.25, 0.3) is 0 Å². The number of fused-ring (bicyclic) bond motifs is 8. The highest BCUT2D eigenvalue weighted by Gasteiger charge is 2.50. The van der Waals surface area contributed by atoms with Crippen molar-refractivity contribution in [2.75, 3.05) is 51.8 Å². The average Bonchev–Trinajstić information content (AvgIpc) is 4.02. The Morgan fingerprint density at radius 2 is 1.94 bits per heavy atom. The molecular formula is C50H70N4O7S2. The van der Waals surface area contributed by atoms with E-state index in [1.165, 1.54) is 5.56 Å². The number of benzene rings is 2. The summed E-state index contributed by atoms with van der Waals surface area (Å²) in [7, 11) is 10.4. The number of aromatic hydroxyl groups is 1. The smallest absolute Gasteiger partial charge is 0.205 e. The van der Waals surface area contributed by atoms with E-state index in [9.17, 15) is 10.2 Å². The van der Waals surface area contributed by atoms with Gasteiger partial charge in [-0.05, 0) is 124 Å². The van der Waals surface area contributed by atoms with E-state index in [0.29, 0.717) is 54.9 Å². The molecule has 7 atom stereocenters. The number of nitrogens with zero attached hydrogens (tertiary/aromatic N) is 1. The summed E-state index contributed by atoms with van der Waals surface area (Å²) < 4.78 is 24.7. The first-order valence-corrected chi connectivity index (χ1v) is 25.8. The monoisotopic (exact) mass is 902 g/mol. The first-order valence-electron chi connectivity index (χ1n) is 23.3. The molecule has 2 aliphatic heterocycles. The van der Waals surface area contributed by atoms with Crippen LogP contribution in [0.5, 0.6) is 23.0 Å². The number of unbranched alkanes of at least 4 members (excludes halogenated alkanes) is 2.